The maximum absolute atomic E-state index is 14.2. The molecule has 3 rings (SSSR count). The third-order valence-corrected chi connectivity index (χ3v) is 12.0. The number of rotatable bonds is 18. The molecule has 354 valence electrons. The molecule has 0 saturated carbocycles. The van der Waals surface area contributed by atoms with E-state index in [4.69, 9.17) is 22.9 Å². The highest BCUT2D eigenvalue weighted by atomic mass is 33.1. The molecule has 0 aromatic heterocycles. The molecule has 2 aromatic rings. The van der Waals surface area contributed by atoms with E-state index in [9.17, 15) is 43.5 Å². The van der Waals surface area contributed by atoms with E-state index in [1.54, 1.807) is 60.7 Å². The van der Waals surface area contributed by atoms with Gasteiger partial charge in [0.25, 0.3) is 0 Å². The second-order valence-corrected chi connectivity index (χ2v) is 17.5. The zero-order chi connectivity index (χ0) is 47.9. The number of nitrogens with two attached hydrogens (primary N) is 4. The molecule has 1 aliphatic rings. The summed E-state index contributed by atoms with van der Waals surface area (Å²) in [5.74, 6) is -7.28. The molecular weight excluding hydrogens is 883 g/mol. The van der Waals surface area contributed by atoms with Crippen LogP contribution in [0.4, 0.5) is 0 Å². The van der Waals surface area contributed by atoms with Gasteiger partial charge in [-0.05, 0) is 43.7 Å². The van der Waals surface area contributed by atoms with E-state index in [0.29, 0.717) is 17.5 Å². The van der Waals surface area contributed by atoms with Crippen molar-refractivity contribution in [2.24, 2.45) is 32.9 Å². The number of carboxylic acid groups (broad SMARTS) is 1. The highest BCUT2D eigenvalue weighted by molar-refractivity contribution is 8.76. The molecule has 16 N–H and O–H groups in total. The van der Waals surface area contributed by atoms with Crippen LogP contribution in [0.1, 0.15) is 50.7 Å². The second kappa shape index (κ2) is 27.6. The molecule has 1 saturated heterocycles. The number of nitrogens with zero attached hydrogens (tertiary/aromatic N) is 2. The zero-order valence-corrected chi connectivity index (χ0v) is 37.8. The lowest BCUT2D eigenvalue weighted by Gasteiger charge is -2.27. The predicted octanol–water partition coefficient (Wildman–Crippen LogP) is -2.51. The van der Waals surface area contributed by atoms with Gasteiger partial charge in [-0.1, -0.05) is 82.3 Å². The van der Waals surface area contributed by atoms with Gasteiger partial charge in [-0.3, -0.25) is 43.5 Å². The van der Waals surface area contributed by atoms with E-state index in [1.807, 2.05) is 0 Å². The lowest BCUT2D eigenvalue weighted by Crippen LogP contribution is -2.60. The Hall–Kier alpha value is -6.56. The number of carboxylic acids is 1. The van der Waals surface area contributed by atoms with Gasteiger partial charge in [0.1, 0.15) is 42.3 Å². The molecule has 0 bridgehead atoms. The first kappa shape index (κ1) is 52.8. The molecule has 0 aliphatic carbocycles. The highest BCUT2D eigenvalue weighted by Crippen LogP contribution is 2.24. The van der Waals surface area contributed by atoms with Crippen molar-refractivity contribution in [1.82, 2.24) is 37.2 Å². The van der Waals surface area contributed by atoms with E-state index in [-0.39, 0.29) is 68.6 Å². The molecule has 1 fully saturated rings. The minimum absolute atomic E-state index is 0.0182. The summed E-state index contributed by atoms with van der Waals surface area (Å²) in [4.78, 5) is 115. The summed E-state index contributed by atoms with van der Waals surface area (Å²) in [5.41, 5.74) is 23.1. The van der Waals surface area contributed by atoms with E-state index >= 15 is 0 Å². The van der Waals surface area contributed by atoms with Gasteiger partial charge in [0.05, 0.1) is 0 Å². The lowest BCUT2D eigenvalue weighted by molar-refractivity contribution is -0.141. The summed E-state index contributed by atoms with van der Waals surface area (Å²) >= 11 is 0. The van der Waals surface area contributed by atoms with Gasteiger partial charge in [0.15, 0.2) is 11.9 Å². The molecule has 0 unspecified atom stereocenters. The topological polar surface area (TPSA) is 370 Å². The van der Waals surface area contributed by atoms with Gasteiger partial charge < -0.3 is 65.3 Å². The Labute approximate surface area is 384 Å². The number of guanidine groups is 2. The molecule has 65 heavy (non-hydrogen) atoms. The van der Waals surface area contributed by atoms with Crippen LogP contribution in [0.25, 0.3) is 0 Å². The number of aliphatic carboxylic acids is 1. The Morgan fingerprint density at radius 3 is 1.71 bits per heavy atom. The Kier molecular flexibility index (Phi) is 22.4. The first-order valence-corrected chi connectivity index (χ1v) is 23.2. The quantitative estimate of drug-likeness (QED) is 0.0318. The average Bonchev–Trinajstić information content (AvgIpc) is 3.25. The van der Waals surface area contributed by atoms with Crippen molar-refractivity contribution in [3.05, 3.63) is 71.8 Å². The van der Waals surface area contributed by atoms with Crippen molar-refractivity contribution in [3.8, 4) is 0 Å². The molecule has 7 amide bonds. The second-order valence-electron chi connectivity index (χ2n) is 15.0. The molecular formula is C41H59N13O9S2. The maximum atomic E-state index is 14.2. The predicted molar refractivity (Wildman–Crippen MR) is 248 cm³/mol. The summed E-state index contributed by atoms with van der Waals surface area (Å²) in [7, 11) is 1.98. The SMILES string of the molecule is CC(=O)N[C@@H](CCCN=C(N)N)C(=O)N[C@H](C)C(=O)N[C@H]1CSSC[C@@H](C(=O)O)NC(=O)[C@H](Cc2ccccc2)NC(=O)[C@H](Cc2ccccc2)NC(=O)[C@H](CCCN=C(N)N)NC1=O. The Morgan fingerprint density at radius 1 is 0.692 bits per heavy atom. The van der Waals surface area contributed by atoms with Gasteiger partial charge in [0, 0.05) is 44.4 Å². The molecule has 24 heteroatoms. The summed E-state index contributed by atoms with van der Waals surface area (Å²) in [5, 5.41) is 28.4. The van der Waals surface area contributed by atoms with E-state index in [1.165, 1.54) is 13.8 Å². The van der Waals surface area contributed by atoms with Crippen molar-refractivity contribution in [3.63, 3.8) is 0 Å². The van der Waals surface area contributed by atoms with Crippen molar-refractivity contribution in [2.75, 3.05) is 24.6 Å². The van der Waals surface area contributed by atoms with Crippen LogP contribution in [0.15, 0.2) is 70.6 Å². The lowest BCUT2D eigenvalue weighted by atomic mass is 10.0. The molecule has 22 nitrogen and oxygen atoms in total. The van der Waals surface area contributed by atoms with Gasteiger partial charge in [0.2, 0.25) is 41.4 Å². The highest BCUT2D eigenvalue weighted by Gasteiger charge is 2.34. The summed E-state index contributed by atoms with van der Waals surface area (Å²) < 4.78 is 0. The third-order valence-electron chi connectivity index (χ3n) is 9.60. The smallest absolute Gasteiger partial charge is 0.327 e. The van der Waals surface area contributed by atoms with E-state index < -0.39 is 89.6 Å². The normalized spacial score (nSPS) is 20.7. The number of nitrogens with one attached hydrogen (secondary N) is 7. The van der Waals surface area contributed by atoms with Crippen LogP contribution in [0, 0.1) is 0 Å². The first-order chi connectivity index (χ1) is 30.9. The standard InChI is InChI=1S/C41H59N13O9S2/c1-23(48-34(57)27(49-24(2)55)15-9-17-46-40(42)43)33(56)53-31-21-64-65-22-32(39(62)63)54-37(60)30(20-26-13-7-4-8-14-26)52-36(59)29(19-25-11-5-3-6-12-25)51-35(58)28(50-38(31)61)16-10-18-47-41(44)45/h3-8,11-14,23,27-32H,9-10,15-22H2,1-2H3,(H,48,57)(H,49,55)(H,50,61)(H,51,58)(H,52,59)(H,53,56)(H,54,60)(H,62,63)(H4,42,43,46)(H4,44,45,47)/t23-,27+,28+,29+,30+,31+,32+/m1/s1. The summed E-state index contributed by atoms with van der Waals surface area (Å²) in [6.07, 6.45) is 0.535. The van der Waals surface area contributed by atoms with Gasteiger partial charge in [-0.25, -0.2) is 4.79 Å². The molecule has 1 aliphatic heterocycles. The van der Waals surface area contributed by atoms with Crippen molar-refractivity contribution >= 4 is 80.8 Å². The molecule has 7 atom stereocenters. The fraction of sp³-hybridized carbons (Fsp3) is 0.463. The Bertz CT molecular complexity index is 2010. The fourth-order valence-electron chi connectivity index (χ4n) is 6.26. The summed E-state index contributed by atoms with van der Waals surface area (Å²) in [6.45, 7) is 2.84. The van der Waals surface area contributed by atoms with Crippen LogP contribution < -0.4 is 60.2 Å². The van der Waals surface area contributed by atoms with Crippen LogP contribution in [-0.4, -0.2) is 131 Å². The average molecular weight is 942 g/mol. The molecule has 2 aromatic carbocycles. The van der Waals surface area contributed by atoms with Crippen LogP contribution in [0.2, 0.25) is 0 Å². The van der Waals surface area contributed by atoms with Crippen LogP contribution in [0.3, 0.4) is 0 Å². The number of carbonyl (C=O) groups excluding carboxylic acids is 7. The number of carbonyl (C=O) groups is 8. The number of benzene rings is 2. The first-order valence-electron chi connectivity index (χ1n) is 20.7. The Balaban J connectivity index is 1.98. The number of hydrogen-bond acceptors (Lipinski definition) is 12. The molecule has 1 heterocycles. The maximum Gasteiger partial charge on any atom is 0.327 e. The van der Waals surface area contributed by atoms with Gasteiger partial charge in [-0.2, -0.15) is 0 Å². The number of amides is 7. The largest absolute Gasteiger partial charge is 0.480 e. The third kappa shape index (κ3) is 19.8. The molecule has 0 spiro atoms. The van der Waals surface area contributed by atoms with E-state index in [0.717, 1.165) is 21.6 Å². The van der Waals surface area contributed by atoms with Gasteiger partial charge >= 0.3 is 5.97 Å². The minimum atomic E-state index is -1.45. The Morgan fingerprint density at radius 2 is 1.18 bits per heavy atom. The number of hydrogen-bond donors (Lipinski definition) is 12. The molecule has 0 radical (unpaired) electrons. The van der Waals surface area contributed by atoms with E-state index in [2.05, 4.69) is 47.2 Å². The fourth-order valence-corrected chi connectivity index (χ4v) is 8.58. The summed E-state index contributed by atoms with van der Waals surface area (Å²) in [6, 6.07) is 8.46. The minimum Gasteiger partial charge on any atom is -0.480 e. The van der Waals surface area contributed by atoms with Crippen LogP contribution in [0.5, 0.6) is 0 Å². The van der Waals surface area contributed by atoms with Crippen molar-refractivity contribution in [1.29, 1.82) is 0 Å². The van der Waals surface area contributed by atoms with Crippen molar-refractivity contribution in [2.45, 2.75) is 94.7 Å². The van der Waals surface area contributed by atoms with Crippen molar-refractivity contribution < 1.29 is 43.5 Å². The van der Waals surface area contributed by atoms with Crippen LogP contribution in [-0.2, 0) is 51.2 Å². The van der Waals surface area contributed by atoms with Crippen LogP contribution >= 0.6 is 21.6 Å². The monoisotopic (exact) mass is 941 g/mol. The zero-order valence-electron chi connectivity index (χ0n) is 36.1. The van der Waals surface area contributed by atoms with Gasteiger partial charge in [-0.15, -0.1) is 0 Å². The number of aliphatic imine (C=N–C) groups is 2.